The molecule has 1 aromatic heterocycles. The van der Waals surface area contributed by atoms with E-state index in [2.05, 4.69) is 10.4 Å². The first-order chi connectivity index (χ1) is 10.1. The molecule has 0 aliphatic carbocycles. The Bertz CT molecular complexity index is 590. The van der Waals surface area contributed by atoms with Crippen LogP contribution in [0.25, 0.3) is 11.1 Å². The van der Waals surface area contributed by atoms with Crippen LogP contribution in [-0.4, -0.2) is 28.3 Å². The second-order valence-corrected chi connectivity index (χ2v) is 5.09. The Morgan fingerprint density at radius 1 is 1.33 bits per heavy atom. The minimum Gasteiger partial charge on any atom is -0.484 e. The topological polar surface area (TPSA) is 56.1 Å². The summed E-state index contributed by atoms with van der Waals surface area (Å²) in [5.74, 6) is 0.586. The SMILES string of the molecule is CC[C@@H](C)NC(=O)COc1ccc(-c2cnn(C)c2)cc1. The number of rotatable bonds is 6. The van der Waals surface area contributed by atoms with Crippen LogP contribution >= 0.6 is 0 Å². The summed E-state index contributed by atoms with van der Waals surface area (Å²) in [6.45, 7) is 4.04. The van der Waals surface area contributed by atoms with E-state index in [1.165, 1.54) is 0 Å². The van der Waals surface area contributed by atoms with Crippen LogP contribution in [0.3, 0.4) is 0 Å². The second kappa shape index (κ2) is 6.92. The molecule has 112 valence electrons. The number of hydrogen-bond donors (Lipinski definition) is 1. The molecule has 0 fully saturated rings. The van der Waals surface area contributed by atoms with Crippen LogP contribution in [0, 0.1) is 0 Å². The maximum Gasteiger partial charge on any atom is 0.258 e. The van der Waals surface area contributed by atoms with Gasteiger partial charge in [-0.3, -0.25) is 9.48 Å². The van der Waals surface area contributed by atoms with Gasteiger partial charge >= 0.3 is 0 Å². The first-order valence-corrected chi connectivity index (χ1v) is 7.09. The zero-order valence-electron chi connectivity index (χ0n) is 12.7. The highest BCUT2D eigenvalue weighted by Gasteiger charge is 2.06. The Labute approximate surface area is 124 Å². The largest absolute Gasteiger partial charge is 0.484 e. The van der Waals surface area contributed by atoms with E-state index < -0.39 is 0 Å². The number of hydrogen-bond acceptors (Lipinski definition) is 3. The van der Waals surface area contributed by atoms with E-state index in [1.807, 2.05) is 57.6 Å². The van der Waals surface area contributed by atoms with Crippen molar-refractivity contribution in [1.82, 2.24) is 15.1 Å². The van der Waals surface area contributed by atoms with Gasteiger partial charge in [0.2, 0.25) is 0 Å². The number of aryl methyl sites for hydroxylation is 1. The molecule has 0 saturated carbocycles. The number of amides is 1. The third-order valence-electron chi connectivity index (χ3n) is 3.28. The van der Waals surface area contributed by atoms with E-state index >= 15 is 0 Å². The highest BCUT2D eigenvalue weighted by atomic mass is 16.5. The number of benzene rings is 1. The zero-order valence-corrected chi connectivity index (χ0v) is 12.7. The van der Waals surface area contributed by atoms with Crippen molar-refractivity contribution >= 4 is 5.91 Å². The van der Waals surface area contributed by atoms with Gasteiger partial charge in [0.25, 0.3) is 5.91 Å². The molecule has 0 aliphatic heterocycles. The fourth-order valence-electron chi connectivity index (χ4n) is 1.88. The van der Waals surface area contributed by atoms with Crippen LogP contribution in [0.15, 0.2) is 36.7 Å². The van der Waals surface area contributed by atoms with Gasteiger partial charge < -0.3 is 10.1 Å². The number of carbonyl (C=O) groups excluding carboxylic acids is 1. The van der Waals surface area contributed by atoms with Gasteiger partial charge in [0.15, 0.2) is 6.61 Å². The standard InChI is InChI=1S/C16H21N3O2/c1-4-12(2)18-16(20)11-21-15-7-5-13(6-8-15)14-9-17-19(3)10-14/h5-10,12H,4,11H2,1-3H3,(H,18,20)/t12-/m1/s1. The minimum absolute atomic E-state index is 0.0383. The normalized spacial score (nSPS) is 12.0. The van der Waals surface area contributed by atoms with Crippen molar-refractivity contribution in [2.24, 2.45) is 7.05 Å². The maximum atomic E-state index is 11.6. The van der Waals surface area contributed by atoms with Crippen molar-refractivity contribution in [3.63, 3.8) is 0 Å². The summed E-state index contributed by atoms with van der Waals surface area (Å²) in [5, 5.41) is 7.01. The molecule has 1 atom stereocenters. The minimum atomic E-state index is -0.0966. The monoisotopic (exact) mass is 287 g/mol. The van der Waals surface area contributed by atoms with Crippen LogP contribution in [0.2, 0.25) is 0 Å². The molecule has 21 heavy (non-hydrogen) atoms. The van der Waals surface area contributed by atoms with E-state index in [4.69, 9.17) is 4.74 Å². The molecule has 0 unspecified atom stereocenters. The van der Waals surface area contributed by atoms with Crippen molar-refractivity contribution in [1.29, 1.82) is 0 Å². The molecule has 1 N–H and O–H groups in total. The summed E-state index contributed by atoms with van der Waals surface area (Å²) in [7, 11) is 1.89. The third-order valence-corrected chi connectivity index (χ3v) is 3.28. The number of nitrogens with one attached hydrogen (secondary N) is 1. The van der Waals surface area contributed by atoms with E-state index in [0.29, 0.717) is 5.75 Å². The quantitative estimate of drug-likeness (QED) is 0.887. The molecule has 0 bridgehead atoms. The van der Waals surface area contributed by atoms with Crippen LogP contribution in [0.4, 0.5) is 0 Å². The van der Waals surface area contributed by atoms with Gasteiger partial charge in [-0.15, -0.1) is 0 Å². The van der Waals surface area contributed by atoms with Crippen molar-refractivity contribution in [2.45, 2.75) is 26.3 Å². The molecule has 1 amide bonds. The van der Waals surface area contributed by atoms with Gasteiger partial charge in [0.05, 0.1) is 6.20 Å². The van der Waals surface area contributed by atoms with Gasteiger partial charge in [-0.1, -0.05) is 19.1 Å². The van der Waals surface area contributed by atoms with Gasteiger partial charge in [0.1, 0.15) is 5.75 Å². The van der Waals surface area contributed by atoms with Gasteiger partial charge in [-0.05, 0) is 31.0 Å². The van der Waals surface area contributed by atoms with Crippen molar-refractivity contribution < 1.29 is 9.53 Å². The van der Waals surface area contributed by atoms with E-state index in [0.717, 1.165) is 17.5 Å². The van der Waals surface area contributed by atoms with E-state index in [-0.39, 0.29) is 18.6 Å². The Balaban J connectivity index is 1.89. The van der Waals surface area contributed by atoms with Gasteiger partial charge in [-0.25, -0.2) is 0 Å². The molecule has 2 aromatic rings. The van der Waals surface area contributed by atoms with Crippen LogP contribution in [0.5, 0.6) is 5.75 Å². The molecule has 0 spiro atoms. The Morgan fingerprint density at radius 2 is 2.05 bits per heavy atom. The van der Waals surface area contributed by atoms with Crippen LogP contribution < -0.4 is 10.1 Å². The molecule has 5 nitrogen and oxygen atoms in total. The predicted octanol–water partition coefficient (Wildman–Crippen LogP) is 2.38. The summed E-state index contributed by atoms with van der Waals surface area (Å²) in [5.41, 5.74) is 2.12. The molecule has 0 saturated heterocycles. The highest BCUT2D eigenvalue weighted by molar-refractivity contribution is 5.77. The lowest BCUT2D eigenvalue weighted by molar-refractivity contribution is -0.123. The molecular formula is C16H21N3O2. The number of aromatic nitrogens is 2. The Kier molecular flexibility index (Phi) is 4.98. The third kappa shape index (κ3) is 4.34. The molecular weight excluding hydrogens is 266 g/mol. The van der Waals surface area contributed by atoms with Crippen LogP contribution in [0.1, 0.15) is 20.3 Å². The lowest BCUT2D eigenvalue weighted by atomic mass is 10.1. The summed E-state index contributed by atoms with van der Waals surface area (Å²) < 4.78 is 7.24. The number of ether oxygens (including phenoxy) is 1. The smallest absolute Gasteiger partial charge is 0.258 e. The summed E-state index contributed by atoms with van der Waals surface area (Å²) in [4.78, 5) is 11.6. The summed E-state index contributed by atoms with van der Waals surface area (Å²) >= 11 is 0. The summed E-state index contributed by atoms with van der Waals surface area (Å²) in [6, 6.07) is 7.81. The average molecular weight is 287 g/mol. The van der Waals surface area contributed by atoms with E-state index in [1.54, 1.807) is 4.68 Å². The van der Waals surface area contributed by atoms with Crippen molar-refractivity contribution in [3.8, 4) is 16.9 Å². The first kappa shape index (κ1) is 15.1. The highest BCUT2D eigenvalue weighted by Crippen LogP contribution is 2.21. The number of nitrogens with zero attached hydrogens (tertiary/aromatic N) is 2. The molecule has 0 aliphatic rings. The number of carbonyl (C=O) groups is 1. The summed E-state index contributed by atoms with van der Waals surface area (Å²) in [6.07, 6.45) is 4.68. The molecule has 5 heteroatoms. The molecule has 1 heterocycles. The lowest BCUT2D eigenvalue weighted by Crippen LogP contribution is -2.35. The maximum absolute atomic E-state index is 11.6. The second-order valence-electron chi connectivity index (χ2n) is 5.09. The Morgan fingerprint density at radius 3 is 2.62 bits per heavy atom. The van der Waals surface area contributed by atoms with Crippen LogP contribution in [-0.2, 0) is 11.8 Å². The fourth-order valence-corrected chi connectivity index (χ4v) is 1.88. The fraction of sp³-hybridized carbons (Fsp3) is 0.375. The zero-order chi connectivity index (χ0) is 15.2. The molecule has 2 rings (SSSR count). The molecule has 1 aromatic carbocycles. The van der Waals surface area contributed by atoms with E-state index in [9.17, 15) is 4.79 Å². The molecule has 0 radical (unpaired) electrons. The van der Waals surface area contributed by atoms with Gasteiger partial charge in [0, 0.05) is 24.8 Å². The first-order valence-electron chi connectivity index (χ1n) is 7.09. The van der Waals surface area contributed by atoms with Crippen molar-refractivity contribution in [3.05, 3.63) is 36.7 Å². The van der Waals surface area contributed by atoms with Crippen molar-refractivity contribution in [2.75, 3.05) is 6.61 Å². The lowest BCUT2D eigenvalue weighted by Gasteiger charge is -2.12. The predicted molar refractivity (Wildman–Crippen MR) is 82.0 cm³/mol. The Hall–Kier alpha value is -2.30. The average Bonchev–Trinajstić information content (AvgIpc) is 2.92. The van der Waals surface area contributed by atoms with Gasteiger partial charge in [-0.2, -0.15) is 5.10 Å².